The SMILES string of the molecule is C[C@@H]1CC[C@H]2[C@@H](C)C(CC(COC(=O)c3ccncc3)CC3O[C@H]4O[C@@]5(C)CC[C@H]6[C@H](C)CC[C@@H]([C@H]3C)[C@@]46OO5)O[C@H]3O[C@@]4(C)CC[C@@H]1[C@]32OO4. The molecule has 2 saturated carbocycles. The van der Waals surface area contributed by atoms with Gasteiger partial charge in [-0.05, 0) is 119 Å². The lowest BCUT2D eigenvalue weighted by molar-refractivity contribution is -0.571. The van der Waals surface area contributed by atoms with E-state index in [-0.39, 0.29) is 54.4 Å². The van der Waals surface area contributed by atoms with Crippen LogP contribution in [-0.2, 0) is 43.2 Å². The van der Waals surface area contributed by atoms with Crippen molar-refractivity contribution in [3.8, 4) is 0 Å². The van der Waals surface area contributed by atoms with Crippen molar-refractivity contribution >= 4 is 5.97 Å². The second kappa shape index (κ2) is 12.7. The molecule has 0 radical (unpaired) electrons. The number of aromatic nitrogens is 1. The Bertz CT molecular complexity index is 1390. The van der Waals surface area contributed by atoms with Crippen LogP contribution in [0, 0.1) is 53.3 Å². The third-order valence-corrected chi connectivity index (χ3v) is 15.1. The summed E-state index contributed by atoms with van der Waals surface area (Å²) in [6.45, 7) is 13.5. The highest BCUT2D eigenvalue weighted by Gasteiger charge is 2.71. The molecule has 8 aliphatic heterocycles. The van der Waals surface area contributed by atoms with Crippen LogP contribution < -0.4 is 0 Å². The van der Waals surface area contributed by atoms with E-state index in [2.05, 4.69) is 32.7 Å². The summed E-state index contributed by atoms with van der Waals surface area (Å²) in [5.41, 5.74) is -0.750. The zero-order chi connectivity index (χ0) is 35.3. The molecule has 1 aromatic heterocycles. The molecule has 10 fully saturated rings. The average Bonchev–Trinajstić information content (AvgIpc) is 3.49. The quantitative estimate of drug-likeness (QED) is 0.213. The van der Waals surface area contributed by atoms with Crippen LogP contribution in [0.4, 0.5) is 0 Å². The Hall–Kier alpha value is -1.70. The van der Waals surface area contributed by atoms with E-state index in [0.717, 1.165) is 51.4 Å². The molecule has 282 valence electrons. The number of nitrogens with zero attached hydrogens (tertiary/aromatic N) is 1. The van der Waals surface area contributed by atoms with Gasteiger partial charge in [0.05, 0.1) is 24.4 Å². The van der Waals surface area contributed by atoms with E-state index in [1.807, 2.05) is 13.8 Å². The molecular weight excluding hydrogens is 654 g/mol. The van der Waals surface area contributed by atoms with Gasteiger partial charge in [-0.3, -0.25) is 4.98 Å². The summed E-state index contributed by atoms with van der Waals surface area (Å²) in [6, 6.07) is 3.38. The van der Waals surface area contributed by atoms with Gasteiger partial charge in [0.2, 0.25) is 11.6 Å². The summed E-state index contributed by atoms with van der Waals surface area (Å²) < 4.78 is 33.6. The standard InChI is InChI=1S/C40H57NO10/c1-22-7-9-30-24(3)32(44-35-39(30)28(22)11-15-37(5,46-35)48-50-39)19-26(21-43-34(42)27-13-17-41-18-14-27)20-33-25(4)31-10-8-23(2)29-12-16-38(6)47-36(45-33)40(29,31)51-49-38/h13-14,17-18,22-26,28-33,35-36H,7-12,15-16,19-21H2,1-6H3/t22-,23-,24-,25-,26?,28+,29+,30+,31+,32?,33?,35+,36+,37-,38-,39-,40-/m1/s1. The Morgan fingerprint density at radius 3 is 1.71 bits per heavy atom. The monoisotopic (exact) mass is 711 g/mol. The Morgan fingerprint density at radius 2 is 1.22 bits per heavy atom. The molecule has 11 heteroatoms. The molecule has 11 nitrogen and oxygen atoms in total. The van der Waals surface area contributed by atoms with Crippen molar-refractivity contribution in [3.63, 3.8) is 0 Å². The normalized spacial score (nSPS) is 51.8. The first kappa shape index (κ1) is 35.0. The lowest BCUT2D eigenvalue weighted by atomic mass is 9.56. The van der Waals surface area contributed by atoms with Crippen molar-refractivity contribution in [2.45, 2.75) is 153 Å². The van der Waals surface area contributed by atoms with Crippen molar-refractivity contribution in [3.05, 3.63) is 30.1 Å². The summed E-state index contributed by atoms with van der Waals surface area (Å²) in [5, 5.41) is 0. The van der Waals surface area contributed by atoms with Crippen molar-refractivity contribution in [2.24, 2.45) is 53.3 Å². The highest BCUT2D eigenvalue weighted by Crippen LogP contribution is 2.63. The molecule has 8 saturated heterocycles. The van der Waals surface area contributed by atoms with Gasteiger partial charge in [-0.2, -0.15) is 0 Å². The van der Waals surface area contributed by atoms with Gasteiger partial charge < -0.3 is 23.7 Å². The molecule has 2 spiro atoms. The topological polar surface area (TPSA) is 113 Å². The largest absolute Gasteiger partial charge is 0.462 e. The molecule has 11 rings (SSSR count). The third-order valence-electron chi connectivity index (χ3n) is 15.1. The van der Waals surface area contributed by atoms with Crippen LogP contribution in [-0.4, -0.2) is 65.1 Å². The van der Waals surface area contributed by atoms with E-state index >= 15 is 0 Å². The van der Waals surface area contributed by atoms with Crippen molar-refractivity contribution in [2.75, 3.05) is 6.61 Å². The van der Waals surface area contributed by atoms with Gasteiger partial charge in [0, 0.05) is 37.1 Å². The first-order chi connectivity index (χ1) is 24.4. The summed E-state index contributed by atoms with van der Waals surface area (Å²) in [7, 11) is 0. The fourth-order valence-corrected chi connectivity index (χ4v) is 12.2. The Morgan fingerprint density at radius 1 is 0.725 bits per heavy atom. The number of fused-ring (bicyclic) bond motifs is 4. The van der Waals surface area contributed by atoms with E-state index < -0.39 is 35.4 Å². The first-order valence-corrected chi connectivity index (χ1v) is 19.9. The van der Waals surface area contributed by atoms with E-state index in [1.54, 1.807) is 24.5 Å². The second-order valence-electron chi connectivity index (χ2n) is 18.1. The average molecular weight is 712 g/mol. The van der Waals surface area contributed by atoms with Crippen LogP contribution in [0.2, 0.25) is 0 Å². The van der Waals surface area contributed by atoms with Gasteiger partial charge in [-0.25, -0.2) is 24.3 Å². The minimum absolute atomic E-state index is 0.0400. The van der Waals surface area contributed by atoms with Gasteiger partial charge in [0.1, 0.15) is 0 Å². The summed E-state index contributed by atoms with van der Waals surface area (Å²) in [6.07, 6.45) is 11.3. The lowest BCUT2D eigenvalue weighted by Crippen LogP contribution is -2.70. The van der Waals surface area contributed by atoms with Crippen molar-refractivity contribution in [1.82, 2.24) is 4.98 Å². The smallest absolute Gasteiger partial charge is 0.338 e. The van der Waals surface area contributed by atoms with Crippen molar-refractivity contribution in [1.29, 1.82) is 0 Å². The van der Waals surface area contributed by atoms with Gasteiger partial charge >= 0.3 is 5.97 Å². The van der Waals surface area contributed by atoms with Gasteiger partial charge in [0.25, 0.3) is 0 Å². The molecule has 10 aliphatic rings. The number of hydrogen-bond donors (Lipinski definition) is 0. The molecule has 51 heavy (non-hydrogen) atoms. The molecular formula is C40H57NO10. The fraction of sp³-hybridized carbons (Fsp3) is 0.850. The first-order valence-electron chi connectivity index (χ1n) is 19.9. The minimum Gasteiger partial charge on any atom is -0.462 e. The van der Waals surface area contributed by atoms with E-state index in [1.165, 1.54) is 0 Å². The van der Waals surface area contributed by atoms with E-state index in [9.17, 15) is 4.79 Å². The highest BCUT2D eigenvalue weighted by atomic mass is 17.3. The minimum atomic E-state index is -0.834. The number of hydrogen-bond acceptors (Lipinski definition) is 11. The lowest BCUT2D eigenvalue weighted by Gasteiger charge is -2.61. The van der Waals surface area contributed by atoms with Crippen LogP contribution in [0.1, 0.15) is 116 Å². The van der Waals surface area contributed by atoms with Crippen LogP contribution in [0.3, 0.4) is 0 Å². The van der Waals surface area contributed by atoms with Crippen LogP contribution in [0.5, 0.6) is 0 Å². The van der Waals surface area contributed by atoms with Crippen LogP contribution in [0.25, 0.3) is 0 Å². The molecule has 2 unspecified atom stereocenters. The predicted octanol–water partition coefficient (Wildman–Crippen LogP) is 7.14. The molecule has 9 heterocycles. The van der Waals surface area contributed by atoms with Gasteiger partial charge in [-0.1, -0.05) is 27.7 Å². The predicted molar refractivity (Wildman–Crippen MR) is 181 cm³/mol. The number of carbonyl (C=O) groups excluding carboxylic acids is 1. The number of carbonyl (C=O) groups is 1. The molecule has 4 bridgehead atoms. The number of esters is 1. The molecule has 2 aliphatic carbocycles. The maximum atomic E-state index is 13.3. The number of pyridine rings is 1. The molecule has 16 atom stereocenters. The van der Waals surface area contributed by atoms with Crippen LogP contribution >= 0.6 is 0 Å². The fourth-order valence-electron chi connectivity index (χ4n) is 12.2. The number of rotatable bonds is 7. The van der Waals surface area contributed by atoms with E-state index in [0.29, 0.717) is 42.1 Å². The third kappa shape index (κ3) is 5.49. The summed E-state index contributed by atoms with van der Waals surface area (Å²) in [5.74, 6) is 0.367. The Balaban J connectivity index is 0.995. The van der Waals surface area contributed by atoms with Crippen molar-refractivity contribution < 1.29 is 48.0 Å². The molecule has 0 aromatic carbocycles. The second-order valence-corrected chi connectivity index (χ2v) is 18.1. The van der Waals surface area contributed by atoms with Gasteiger partial charge in [0.15, 0.2) is 23.8 Å². The molecule has 0 N–H and O–H groups in total. The zero-order valence-corrected chi connectivity index (χ0v) is 31.1. The summed E-state index contributed by atoms with van der Waals surface area (Å²) in [4.78, 5) is 42.4. The Labute approximate surface area is 301 Å². The Kier molecular flexibility index (Phi) is 8.71. The van der Waals surface area contributed by atoms with Crippen LogP contribution in [0.15, 0.2) is 24.5 Å². The van der Waals surface area contributed by atoms with E-state index in [4.69, 9.17) is 43.2 Å². The maximum absolute atomic E-state index is 13.3. The highest BCUT2D eigenvalue weighted by molar-refractivity contribution is 5.89. The van der Waals surface area contributed by atoms with Gasteiger partial charge in [-0.15, -0.1) is 0 Å². The summed E-state index contributed by atoms with van der Waals surface area (Å²) >= 11 is 0. The molecule has 1 aromatic rings. The molecule has 0 amide bonds. The maximum Gasteiger partial charge on any atom is 0.338 e. The zero-order valence-electron chi connectivity index (χ0n) is 31.1. The number of ether oxygens (including phenoxy) is 5.